The van der Waals surface area contributed by atoms with Crippen LogP contribution in [0.2, 0.25) is 5.02 Å². The van der Waals surface area contributed by atoms with E-state index >= 15 is 0 Å². The van der Waals surface area contributed by atoms with Crippen LogP contribution in [-0.4, -0.2) is 13.2 Å². The Morgan fingerprint density at radius 2 is 2.05 bits per heavy atom. The lowest BCUT2D eigenvalue weighted by Gasteiger charge is -2.26. The van der Waals surface area contributed by atoms with E-state index in [1.54, 1.807) is 0 Å². The Labute approximate surface area is 124 Å². The molecule has 2 aromatic rings. The van der Waals surface area contributed by atoms with Crippen molar-refractivity contribution in [1.29, 1.82) is 0 Å². The summed E-state index contributed by atoms with van der Waals surface area (Å²) in [6, 6.07) is 14.3. The van der Waals surface area contributed by atoms with Crippen molar-refractivity contribution in [2.45, 2.75) is 19.3 Å². The molecule has 1 unspecified atom stereocenters. The molecule has 0 saturated heterocycles. The van der Waals surface area contributed by atoms with Gasteiger partial charge in [0.05, 0.1) is 17.3 Å². The maximum Gasteiger partial charge on any atom is 0.122 e. The monoisotopic (exact) mass is 287 g/mol. The van der Waals surface area contributed by atoms with Gasteiger partial charge in [0.2, 0.25) is 0 Å². The number of nitrogens with one attached hydrogen (secondary N) is 1. The van der Waals surface area contributed by atoms with Crippen LogP contribution in [0.3, 0.4) is 0 Å². The molecule has 104 valence electrons. The molecule has 1 aliphatic heterocycles. The van der Waals surface area contributed by atoms with E-state index in [1.165, 1.54) is 11.1 Å². The lowest BCUT2D eigenvalue weighted by Crippen LogP contribution is -2.21. The first kappa shape index (κ1) is 13.3. The summed E-state index contributed by atoms with van der Waals surface area (Å²) >= 11 is 6.26. The number of rotatable bonds is 3. The maximum atomic E-state index is 6.26. The summed E-state index contributed by atoms with van der Waals surface area (Å²) in [7, 11) is 0. The van der Waals surface area contributed by atoms with Gasteiger partial charge in [0.25, 0.3) is 0 Å². The minimum Gasteiger partial charge on any atom is -0.493 e. The molecule has 1 aliphatic rings. The Balaban J connectivity index is 1.77. The standard InChI is InChI=1S/C17H18ClNO/c1-12-5-4-7-15(18)17(12)19-11-13-9-10-20-16-8-3-2-6-14(13)16/h2-8,13,19H,9-11H2,1H3. The zero-order valence-corrected chi connectivity index (χ0v) is 12.3. The molecule has 0 spiro atoms. The molecule has 0 fully saturated rings. The number of para-hydroxylation sites is 2. The molecule has 3 heteroatoms. The van der Waals surface area contributed by atoms with Crippen LogP contribution in [0.4, 0.5) is 5.69 Å². The minimum absolute atomic E-state index is 0.468. The van der Waals surface area contributed by atoms with Gasteiger partial charge in [0.1, 0.15) is 5.75 Å². The second-order valence-corrected chi connectivity index (χ2v) is 5.59. The van der Waals surface area contributed by atoms with Crippen molar-refractivity contribution in [2.24, 2.45) is 0 Å². The maximum absolute atomic E-state index is 6.26. The van der Waals surface area contributed by atoms with Crippen molar-refractivity contribution in [3.8, 4) is 5.75 Å². The van der Waals surface area contributed by atoms with Gasteiger partial charge in [-0.3, -0.25) is 0 Å². The Morgan fingerprint density at radius 3 is 2.90 bits per heavy atom. The highest BCUT2D eigenvalue weighted by Crippen LogP contribution is 2.34. The van der Waals surface area contributed by atoms with Gasteiger partial charge < -0.3 is 10.1 Å². The third kappa shape index (κ3) is 2.61. The molecule has 0 bridgehead atoms. The van der Waals surface area contributed by atoms with E-state index in [1.807, 2.05) is 24.3 Å². The predicted octanol–water partition coefficient (Wildman–Crippen LogP) is 4.63. The van der Waals surface area contributed by atoms with Crippen molar-refractivity contribution in [2.75, 3.05) is 18.5 Å². The van der Waals surface area contributed by atoms with E-state index in [2.05, 4.69) is 30.4 Å². The van der Waals surface area contributed by atoms with Crippen LogP contribution < -0.4 is 10.1 Å². The first-order chi connectivity index (χ1) is 9.75. The largest absolute Gasteiger partial charge is 0.493 e. The summed E-state index contributed by atoms with van der Waals surface area (Å²) in [6.07, 6.45) is 1.04. The highest BCUT2D eigenvalue weighted by Gasteiger charge is 2.21. The van der Waals surface area contributed by atoms with Crippen LogP contribution in [-0.2, 0) is 0 Å². The van der Waals surface area contributed by atoms with E-state index in [0.29, 0.717) is 5.92 Å². The summed E-state index contributed by atoms with van der Waals surface area (Å²) in [4.78, 5) is 0. The van der Waals surface area contributed by atoms with Gasteiger partial charge in [-0.15, -0.1) is 0 Å². The molecule has 1 atom stereocenters. The second-order valence-electron chi connectivity index (χ2n) is 5.18. The molecule has 0 radical (unpaired) electrons. The summed E-state index contributed by atoms with van der Waals surface area (Å²) < 4.78 is 5.70. The lowest BCUT2D eigenvalue weighted by molar-refractivity contribution is 0.270. The van der Waals surface area contributed by atoms with Gasteiger partial charge in [-0.25, -0.2) is 0 Å². The molecule has 0 saturated carbocycles. The molecule has 3 rings (SSSR count). The van der Waals surface area contributed by atoms with Crippen molar-refractivity contribution in [3.05, 3.63) is 58.6 Å². The van der Waals surface area contributed by atoms with Crippen LogP contribution in [0, 0.1) is 6.92 Å². The summed E-state index contributed by atoms with van der Waals surface area (Å²) in [6.45, 7) is 3.74. The molecular formula is C17H18ClNO. The number of halogens is 1. The van der Waals surface area contributed by atoms with Crippen LogP contribution in [0.1, 0.15) is 23.5 Å². The molecule has 1 N–H and O–H groups in total. The fourth-order valence-electron chi connectivity index (χ4n) is 2.71. The second kappa shape index (κ2) is 5.76. The van der Waals surface area contributed by atoms with Crippen molar-refractivity contribution >= 4 is 17.3 Å². The number of aryl methyl sites for hydroxylation is 1. The number of anilines is 1. The van der Waals surface area contributed by atoms with E-state index in [9.17, 15) is 0 Å². The van der Waals surface area contributed by atoms with Crippen molar-refractivity contribution in [1.82, 2.24) is 0 Å². The van der Waals surface area contributed by atoms with Gasteiger partial charge in [0.15, 0.2) is 0 Å². The van der Waals surface area contributed by atoms with E-state index in [4.69, 9.17) is 16.3 Å². The summed E-state index contributed by atoms with van der Waals surface area (Å²) in [5, 5.41) is 4.29. The molecule has 2 nitrogen and oxygen atoms in total. The van der Waals surface area contributed by atoms with Crippen molar-refractivity contribution < 1.29 is 4.74 Å². The third-order valence-electron chi connectivity index (χ3n) is 3.83. The van der Waals surface area contributed by atoms with Gasteiger partial charge >= 0.3 is 0 Å². The van der Waals surface area contributed by atoms with Gasteiger partial charge in [-0.1, -0.05) is 41.9 Å². The quantitative estimate of drug-likeness (QED) is 0.889. The lowest BCUT2D eigenvalue weighted by atomic mass is 9.93. The molecular weight excluding hydrogens is 270 g/mol. The number of hydrogen-bond acceptors (Lipinski definition) is 2. The zero-order valence-electron chi connectivity index (χ0n) is 11.5. The minimum atomic E-state index is 0.468. The number of fused-ring (bicyclic) bond motifs is 1. The van der Waals surface area contributed by atoms with E-state index in [0.717, 1.165) is 36.0 Å². The predicted molar refractivity (Wildman–Crippen MR) is 84.0 cm³/mol. The van der Waals surface area contributed by atoms with Gasteiger partial charge in [0, 0.05) is 12.5 Å². The topological polar surface area (TPSA) is 21.3 Å². The highest BCUT2D eigenvalue weighted by atomic mass is 35.5. The van der Waals surface area contributed by atoms with E-state index < -0.39 is 0 Å². The van der Waals surface area contributed by atoms with Crippen LogP contribution >= 0.6 is 11.6 Å². The normalized spacial score (nSPS) is 17.2. The number of benzene rings is 2. The Morgan fingerprint density at radius 1 is 1.20 bits per heavy atom. The number of hydrogen-bond donors (Lipinski definition) is 1. The first-order valence-corrected chi connectivity index (χ1v) is 7.34. The Hall–Kier alpha value is -1.67. The average Bonchev–Trinajstić information content (AvgIpc) is 2.47. The SMILES string of the molecule is Cc1cccc(Cl)c1NCC1CCOc2ccccc21. The van der Waals surface area contributed by atoms with Gasteiger partial charge in [-0.2, -0.15) is 0 Å². The Kier molecular flexibility index (Phi) is 3.83. The smallest absolute Gasteiger partial charge is 0.122 e. The summed E-state index contributed by atoms with van der Waals surface area (Å²) in [5.41, 5.74) is 3.51. The summed E-state index contributed by atoms with van der Waals surface area (Å²) in [5.74, 6) is 1.48. The van der Waals surface area contributed by atoms with Crippen LogP contribution in [0.25, 0.3) is 0 Å². The number of ether oxygens (including phenoxy) is 1. The molecule has 0 aromatic heterocycles. The molecule has 2 aromatic carbocycles. The molecule has 1 heterocycles. The van der Waals surface area contributed by atoms with Crippen LogP contribution in [0.15, 0.2) is 42.5 Å². The fraction of sp³-hybridized carbons (Fsp3) is 0.294. The van der Waals surface area contributed by atoms with Crippen LogP contribution in [0.5, 0.6) is 5.75 Å². The first-order valence-electron chi connectivity index (χ1n) is 6.96. The Bertz CT molecular complexity index is 591. The molecule has 20 heavy (non-hydrogen) atoms. The zero-order chi connectivity index (χ0) is 13.9. The fourth-order valence-corrected chi connectivity index (χ4v) is 3.00. The molecule has 0 aliphatic carbocycles. The van der Waals surface area contributed by atoms with Gasteiger partial charge in [-0.05, 0) is 36.6 Å². The van der Waals surface area contributed by atoms with Crippen molar-refractivity contribution in [3.63, 3.8) is 0 Å². The highest BCUT2D eigenvalue weighted by molar-refractivity contribution is 6.33. The average molecular weight is 288 g/mol. The molecule has 0 amide bonds. The third-order valence-corrected chi connectivity index (χ3v) is 4.14. The van der Waals surface area contributed by atoms with E-state index in [-0.39, 0.29) is 0 Å².